The van der Waals surface area contributed by atoms with E-state index in [0.717, 1.165) is 12.8 Å². The Kier molecular flexibility index (Phi) is 5.39. The molecule has 116 valence electrons. The minimum atomic E-state index is -0.478. The van der Waals surface area contributed by atoms with Crippen molar-refractivity contribution in [3.05, 3.63) is 21.0 Å². The van der Waals surface area contributed by atoms with Gasteiger partial charge in [-0.3, -0.25) is 9.59 Å². The maximum atomic E-state index is 12.5. The molecular weight excluding hydrogens is 336 g/mol. The second-order valence-corrected chi connectivity index (χ2v) is 6.27. The average molecular weight is 357 g/mol. The molecule has 1 atom stereocenters. The topological polar surface area (TPSA) is 76.0 Å². The van der Waals surface area contributed by atoms with Gasteiger partial charge in [0, 0.05) is 13.1 Å². The molecule has 1 fully saturated rings. The van der Waals surface area contributed by atoms with Crippen LogP contribution in [0.4, 0.5) is 5.69 Å². The molecule has 21 heavy (non-hydrogen) atoms. The molecule has 1 saturated carbocycles. The van der Waals surface area contributed by atoms with E-state index in [1.165, 1.54) is 11.1 Å². The van der Waals surface area contributed by atoms with Crippen LogP contribution < -0.4 is 16.2 Å². The number of nitrogens with zero attached hydrogens (tertiary/aromatic N) is 2. The Morgan fingerprint density at radius 3 is 2.86 bits per heavy atom. The zero-order valence-corrected chi connectivity index (χ0v) is 13.9. The van der Waals surface area contributed by atoms with E-state index in [-0.39, 0.29) is 11.5 Å². The number of hydrogen-bond donors (Lipinski definition) is 2. The maximum absolute atomic E-state index is 12.5. The number of nitrogens with one attached hydrogen (secondary N) is 2. The zero-order chi connectivity index (χ0) is 15.4. The Balaban J connectivity index is 2.15. The van der Waals surface area contributed by atoms with Crippen LogP contribution >= 0.6 is 15.9 Å². The van der Waals surface area contributed by atoms with Gasteiger partial charge in [-0.05, 0) is 48.5 Å². The summed E-state index contributed by atoms with van der Waals surface area (Å²) in [6, 6.07) is -0.478. The number of aromatic nitrogens is 2. The van der Waals surface area contributed by atoms with Gasteiger partial charge in [-0.2, -0.15) is 5.10 Å². The Morgan fingerprint density at radius 1 is 1.57 bits per heavy atom. The fourth-order valence-corrected chi connectivity index (χ4v) is 2.63. The highest BCUT2D eigenvalue weighted by Crippen LogP contribution is 2.27. The molecule has 1 aliphatic carbocycles. The van der Waals surface area contributed by atoms with Gasteiger partial charge in [-0.1, -0.05) is 6.42 Å². The average Bonchev–Trinajstić information content (AvgIpc) is 2.40. The largest absolute Gasteiger partial charge is 0.368 e. The van der Waals surface area contributed by atoms with E-state index in [1.54, 1.807) is 13.1 Å². The summed E-state index contributed by atoms with van der Waals surface area (Å²) in [4.78, 5) is 24.2. The highest BCUT2D eigenvalue weighted by Gasteiger charge is 2.21. The highest BCUT2D eigenvalue weighted by molar-refractivity contribution is 9.10. The highest BCUT2D eigenvalue weighted by atomic mass is 79.9. The number of rotatable bonds is 6. The molecule has 2 N–H and O–H groups in total. The lowest BCUT2D eigenvalue weighted by molar-refractivity contribution is -0.121. The number of halogens is 1. The molecule has 0 spiro atoms. The van der Waals surface area contributed by atoms with Crippen LogP contribution in [0.25, 0.3) is 0 Å². The van der Waals surface area contributed by atoms with Crippen molar-refractivity contribution in [1.82, 2.24) is 15.1 Å². The molecule has 1 heterocycles. The van der Waals surface area contributed by atoms with Crippen LogP contribution in [0.2, 0.25) is 0 Å². The van der Waals surface area contributed by atoms with E-state index in [1.807, 2.05) is 6.92 Å². The summed E-state index contributed by atoms with van der Waals surface area (Å²) in [7, 11) is 0. The molecule has 1 amide bonds. The van der Waals surface area contributed by atoms with Crippen LogP contribution in [0, 0.1) is 5.92 Å². The molecule has 0 bridgehead atoms. The first-order chi connectivity index (χ1) is 10.0. The summed E-state index contributed by atoms with van der Waals surface area (Å²) in [6.07, 6.45) is 5.15. The Hall–Kier alpha value is -1.37. The molecule has 7 heteroatoms. The number of anilines is 1. The van der Waals surface area contributed by atoms with Crippen molar-refractivity contribution in [2.24, 2.45) is 5.92 Å². The van der Waals surface area contributed by atoms with Crippen LogP contribution in [-0.4, -0.2) is 28.3 Å². The first-order valence-corrected chi connectivity index (χ1v) is 8.12. The smallest absolute Gasteiger partial charge is 0.291 e. The summed E-state index contributed by atoms with van der Waals surface area (Å²) in [5, 5.41) is 9.87. The van der Waals surface area contributed by atoms with E-state index >= 15 is 0 Å². The number of hydrogen-bond acceptors (Lipinski definition) is 4. The van der Waals surface area contributed by atoms with Crippen molar-refractivity contribution >= 4 is 27.5 Å². The van der Waals surface area contributed by atoms with Crippen molar-refractivity contribution in [2.75, 3.05) is 11.9 Å². The van der Waals surface area contributed by atoms with Crippen molar-refractivity contribution < 1.29 is 4.79 Å². The molecule has 1 aliphatic rings. The van der Waals surface area contributed by atoms with Crippen LogP contribution in [0.15, 0.2) is 15.5 Å². The van der Waals surface area contributed by atoms with Crippen molar-refractivity contribution in [2.45, 2.75) is 45.7 Å². The summed E-state index contributed by atoms with van der Waals surface area (Å²) in [6.45, 7) is 4.80. The maximum Gasteiger partial charge on any atom is 0.291 e. The standard InChI is InChI=1S/C14H21BrN4O2/c1-3-16-13(20)9(2)18-12-11(15)7-17-19(14(12)21)8-10-5-4-6-10/h7,9-10,18H,3-6,8H2,1-2H3,(H,16,20). The van der Waals surface area contributed by atoms with Crippen LogP contribution in [-0.2, 0) is 11.3 Å². The fourth-order valence-electron chi connectivity index (χ4n) is 2.26. The predicted molar refractivity (Wildman–Crippen MR) is 85.3 cm³/mol. The monoisotopic (exact) mass is 356 g/mol. The van der Waals surface area contributed by atoms with Gasteiger partial charge in [0.15, 0.2) is 0 Å². The van der Waals surface area contributed by atoms with Crippen LogP contribution in [0.1, 0.15) is 33.1 Å². The molecule has 0 saturated heterocycles. The second kappa shape index (κ2) is 7.06. The van der Waals surface area contributed by atoms with E-state index in [2.05, 4.69) is 31.7 Å². The van der Waals surface area contributed by atoms with Gasteiger partial charge in [-0.25, -0.2) is 4.68 Å². The summed E-state index contributed by atoms with van der Waals surface area (Å²) in [5.74, 6) is 0.413. The summed E-state index contributed by atoms with van der Waals surface area (Å²) in [5.41, 5.74) is 0.204. The van der Waals surface area contributed by atoms with Gasteiger partial charge in [0.25, 0.3) is 5.56 Å². The molecular formula is C14H21BrN4O2. The predicted octanol–water partition coefficient (Wildman–Crippen LogP) is 1.74. The lowest BCUT2D eigenvalue weighted by Gasteiger charge is -2.25. The molecule has 0 aliphatic heterocycles. The fraction of sp³-hybridized carbons (Fsp3) is 0.643. The zero-order valence-electron chi connectivity index (χ0n) is 12.4. The van der Waals surface area contributed by atoms with Gasteiger partial charge in [-0.15, -0.1) is 0 Å². The van der Waals surface area contributed by atoms with Gasteiger partial charge in [0.2, 0.25) is 5.91 Å². The number of carbonyl (C=O) groups is 1. The molecule has 6 nitrogen and oxygen atoms in total. The normalized spacial score (nSPS) is 16.1. The first kappa shape index (κ1) is 16.0. The van der Waals surface area contributed by atoms with Gasteiger partial charge in [0.05, 0.1) is 10.7 Å². The number of carbonyl (C=O) groups excluding carboxylic acids is 1. The molecule has 1 aromatic heterocycles. The minimum absolute atomic E-state index is 0.133. The Bertz CT molecular complexity index is 569. The Labute approximate surface area is 132 Å². The molecule has 0 aromatic carbocycles. The summed E-state index contributed by atoms with van der Waals surface area (Å²) < 4.78 is 2.06. The van der Waals surface area contributed by atoms with E-state index < -0.39 is 6.04 Å². The number of likely N-dealkylation sites (N-methyl/N-ethyl adjacent to an activating group) is 1. The molecule has 1 aromatic rings. The van der Waals surface area contributed by atoms with Crippen LogP contribution in [0.3, 0.4) is 0 Å². The van der Waals surface area contributed by atoms with Crippen molar-refractivity contribution in [3.63, 3.8) is 0 Å². The third kappa shape index (κ3) is 3.84. The third-order valence-electron chi connectivity index (χ3n) is 3.76. The second-order valence-electron chi connectivity index (χ2n) is 5.41. The Morgan fingerprint density at radius 2 is 2.29 bits per heavy atom. The lowest BCUT2D eigenvalue weighted by atomic mass is 9.85. The third-order valence-corrected chi connectivity index (χ3v) is 4.36. The van der Waals surface area contributed by atoms with Gasteiger partial charge in [0.1, 0.15) is 11.7 Å². The van der Waals surface area contributed by atoms with Crippen molar-refractivity contribution in [1.29, 1.82) is 0 Å². The van der Waals surface area contributed by atoms with Crippen molar-refractivity contribution in [3.8, 4) is 0 Å². The molecule has 1 unspecified atom stereocenters. The first-order valence-electron chi connectivity index (χ1n) is 7.32. The van der Waals surface area contributed by atoms with Crippen LogP contribution in [0.5, 0.6) is 0 Å². The van der Waals surface area contributed by atoms with Gasteiger partial charge >= 0.3 is 0 Å². The van der Waals surface area contributed by atoms with Gasteiger partial charge < -0.3 is 10.6 Å². The molecule has 2 rings (SSSR count). The molecule has 0 radical (unpaired) electrons. The minimum Gasteiger partial charge on any atom is -0.368 e. The van der Waals surface area contributed by atoms with E-state index in [0.29, 0.717) is 29.2 Å². The van der Waals surface area contributed by atoms with E-state index in [4.69, 9.17) is 0 Å². The van der Waals surface area contributed by atoms with E-state index in [9.17, 15) is 9.59 Å². The summed E-state index contributed by atoms with van der Waals surface area (Å²) >= 11 is 3.33. The quantitative estimate of drug-likeness (QED) is 0.813. The SMILES string of the molecule is CCNC(=O)C(C)Nc1c(Br)cnn(CC2CCC2)c1=O. The number of amides is 1. The lowest BCUT2D eigenvalue weighted by Crippen LogP contribution is -2.40.